The lowest BCUT2D eigenvalue weighted by molar-refractivity contribution is 0.583. The van der Waals surface area contributed by atoms with Gasteiger partial charge in [-0.1, -0.05) is 6.92 Å². The van der Waals surface area contributed by atoms with Gasteiger partial charge in [-0.25, -0.2) is 13.4 Å². The second kappa shape index (κ2) is 6.00. The molecular weight excluding hydrogens is 226 g/mol. The lowest BCUT2D eigenvalue weighted by Crippen LogP contribution is -2.18. The molecule has 0 saturated carbocycles. The Morgan fingerprint density at radius 3 is 2.81 bits per heavy atom. The number of hydrogen-bond donors (Lipinski definition) is 1. The fourth-order valence-electron chi connectivity index (χ4n) is 1.52. The van der Waals surface area contributed by atoms with Gasteiger partial charge in [0, 0.05) is 24.7 Å². The molecule has 0 aliphatic rings. The zero-order chi connectivity index (χ0) is 12.0. The van der Waals surface area contributed by atoms with Gasteiger partial charge in [0.2, 0.25) is 0 Å². The van der Waals surface area contributed by atoms with Crippen molar-refractivity contribution in [3.05, 3.63) is 18.2 Å². The van der Waals surface area contributed by atoms with Crippen molar-refractivity contribution < 1.29 is 8.42 Å². The van der Waals surface area contributed by atoms with Crippen LogP contribution in [0, 0.1) is 0 Å². The molecule has 0 atom stereocenters. The van der Waals surface area contributed by atoms with E-state index in [4.69, 9.17) is 0 Å². The minimum Gasteiger partial charge on any atom is -0.333 e. The lowest BCUT2D eigenvalue weighted by atomic mass is 10.5. The molecule has 16 heavy (non-hydrogen) atoms. The van der Waals surface area contributed by atoms with Gasteiger partial charge in [-0.15, -0.1) is 0 Å². The standard InChI is InChI=1S/C10H19N3O2S/c1-3-7-16(14,15)8-6-13-5-4-12-10(13)9-11-2/h4-5,11H,3,6-9H2,1-2H3. The number of nitrogens with one attached hydrogen (secondary N) is 1. The highest BCUT2D eigenvalue weighted by molar-refractivity contribution is 7.91. The summed E-state index contributed by atoms with van der Waals surface area (Å²) in [7, 11) is -1.07. The summed E-state index contributed by atoms with van der Waals surface area (Å²) < 4.78 is 25.0. The van der Waals surface area contributed by atoms with Crippen molar-refractivity contribution in [2.75, 3.05) is 18.6 Å². The molecule has 0 fully saturated rings. The summed E-state index contributed by atoms with van der Waals surface area (Å²) in [6.45, 7) is 3.02. The van der Waals surface area contributed by atoms with Gasteiger partial charge in [0.1, 0.15) is 5.82 Å². The number of imidazole rings is 1. The van der Waals surface area contributed by atoms with Gasteiger partial charge < -0.3 is 9.88 Å². The molecule has 0 unspecified atom stereocenters. The van der Waals surface area contributed by atoms with Crippen LogP contribution in [0.3, 0.4) is 0 Å². The van der Waals surface area contributed by atoms with Crippen LogP contribution in [0.4, 0.5) is 0 Å². The smallest absolute Gasteiger partial charge is 0.152 e. The molecule has 0 aromatic carbocycles. The first-order chi connectivity index (χ1) is 7.59. The van der Waals surface area contributed by atoms with E-state index >= 15 is 0 Å². The van der Waals surface area contributed by atoms with Crippen LogP contribution in [0.1, 0.15) is 19.2 Å². The maximum atomic E-state index is 11.5. The summed E-state index contributed by atoms with van der Waals surface area (Å²) >= 11 is 0. The molecule has 0 aliphatic heterocycles. The zero-order valence-corrected chi connectivity index (χ0v) is 10.6. The van der Waals surface area contributed by atoms with Gasteiger partial charge in [0.25, 0.3) is 0 Å². The highest BCUT2D eigenvalue weighted by Gasteiger charge is 2.10. The molecule has 0 radical (unpaired) electrons. The molecule has 1 aromatic rings. The summed E-state index contributed by atoms with van der Waals surface area (Å²) in [5.74, 6) is 1.32. The second-order valence-electron chi connectivity index (χ2n) is 3.72. The minimum atomic E-state index is -2.91. The van der Waals surface area contributed by atoms with Crippen molar-refractivity contribution >= 4 is 9.84 Å². The molecular formula is C10H19N3O2S. The topological polar surface area (TPSA) is 64.0 Å². The predicted molar refractivity (Wildman–Crippen MR) is 63.9 cm³/mol. The van der Waals surface area contributed by atoms with Gasteiger partial charge in [-0.2, -0.15) is 0 Å². The molecule has 0 saturated heterocycles. The molecule has 0 spiro atoms. The van der Waals surface area contributed by atoms with Crippen molar-refractivity contribution in [2.45, 2.75) is 26.4 Å². The van der Waals surface area contributed by atoms with Crippen molar-refractivity contribution in [2.24, 2.45) is 0 Å². The summed E-state index contributed by atoms with van der Waals surface area (Å²) in [6.07, 6.45) is 4.18. The molecule has 1 aromatic heterocycles. The van der Waals surface area contributed by atoms with Crippen LogP contribution < -0.4 is 5.32 Å². The van der Waals surface area contributed by atoms with E-state index in [0.717, 1.165) is 5.82 Å². The Hall–Kier alpha value is -0.880. The van der Waals surface area contributed by atoms with E-state index in [2.05, 4.69) is 10.3 Å². The van der Waals surface area contributed by atoms with E-state index < -0.39 is 9.84 Å². The normalized spacial score (nSPS) is 11.9. The SMILES string of the molecule is CCCS(=O)(=O)CCn1ccnc1CNC. The van der Waals surface area contributed by atoms with E-state index in [-0.39, 0.29) is 11.5 Å². The first-order valence-corrected chi connectivity index (χ1v) is 7.26. The van der Waals surface area contributed by atoms with E-state index in [1.807, 2.05) is 24.7 Å². The third-order valence-corrected chi connectivity index (χ3v) is 4.13. The average Bonchev–Trinajstić information content (AvgIpc) is 2.63. The van der Waals surface area contributed by atoms with Gasteiger partial charge in [-0.05, 0) is 13.5 Å². The van der Waals surface area contributed by atoms with Crippen LogP contribution in [0.2, 0.25) is 0 Å². The van der Waals surface area contributed by atoms with Crippen LogP contribution in [0.15, 0.2) is 12.4 Å². The number of hydrogen-bond acceptors (Lipinski definition) is 4. The molecule has 1 heterocycles. The number of aromatic nitrogens is 2. The largest absolute Gasteiger partial charge is 0.333 e. The molecule has 1 N–H and O–H groups in total. The fourth-order valence-corrected chi connectivity index (χ4v) is 2.82. The second-order valence-corrected chi connectivity index (χ2v) is 6.02. The molecule has 0 amide bonds. The predicted octanol–water partition coefficient (Wildman–Crippen LogP) is 0.427. The Morgan fingerprint density at radius 2 is 2.19 bits per heavy atom. The first kappa shape index (κ1) is 13.2. The average molecular weight is 245 g/mol. The molecule has 0 aliphatic carbocycles. The Morgan fingerprint density at radius 1 is 1.44 bits per heavy atom. The van der Waals surface area contributed by atoms with Crippen molar-refractivity contribution in [3.8, 4) is 0 Å². The Bertz CT molecular complexity index is 411. The first-order valence-electron chi connectivity index (χ1n) is 5.44. The number of rotatable bonds is 7. The summed E-state index contributed by atoms with van der Waals surface area (Å²) in [6, 6.07) is 0. The van der Waals surface area contributed by atoms with E-state index in [1.165, 1.54) is 0 Å². The van der Waals surface area contributed by atoms with Gasteiger partial charge in [-0.3, -0.25) is 0 Å². The van der Waals surface area contributed by atoms with Crippen LogP contribution in [0.5, 0.6) is 0 Å². The maximum Gasteiger partial charge on any atom is 0.152 e. The van der Waals surface area contributed by atoms with Gasteiger partial charge in [0.15, 0.2) is 9.84 Å². The molecule has 0 bridgehead atoms. The molecule has 6 heteroatoms. The molecule has 5 nitrogen and oxygen atoms in total. The van der Waals surface area contributed by atoms with E-state index in [1.54, 1.807) is 6.20 Å². The molecule has 92 valence electrons. The van der Waals surface area contributed by atoms with E-state index in [9.17, 15) is 8.42 Å². The van der Waals surface area contributed by atoms with E-state index in [0.29, 0.717) is 19.5 Å². The van der Waals surface area contributed by atoms with Crippen molar-refractivity contribution in [3.63, 3.8) is 0 Å². The number of aryl methyl sites for hydroxylation is 1. The third kappa shape index (κ3) is 3.94. The quantitative estimate of drug-likeness (QED) is 0.756. The lowest BCUT2D eigenvalue weighted by Gasteiger charge is -2.07. The van der Waals surface area contributed by atoms with Crippen LogP contribution in [0.25, 0.3) is 0 Å². The Kier molecular flexibility index (Phi) is 4.95. The summed E-state index contributed by atoms with van der Waals surface area (Å²) in [5.41, 5.74) is 0. The number of sulfone groups is 1. The minimum absolute atomic E-state index is 0.188. The van der Waals surface area contributed by atoms with Crippen molar-refractivity contribution in [1.29, 1.82) is 0 Å². The highest BCUT2D eigenvalue weighted by Crippen LogP contribution is 2.00. The summed E-state index contributed by atoms with van der Waals surface area (Å²) in [4.78, 5) is 4.16. The number of nitrogens with zero attached hydrogens (tertiary/aromatic N) is 2. The fraction of sp³-hybridized carbons (Fsp3) is 0.700. The zero-order valence-electron chi connectivity index (χ0n) is 9.81. The monoisotopic (exact) mass is 245 g/mol. The van der Waals surface area contributed by atoms with Crippen LogP contribution in [-0.4, -0.2) is 36.5 Å². The highest BCUT2D eigenvalue weighted by atomic mass is 32.2. The van der Waals surface area contributed by atoms with Crippen LogP contribution in [-0.2, 0) is 22.9 Å². The summed E-state index contributed by atoms with van der Waals surface area (Å²) in [5, 5.41) is 3.00. The van der Waals surface area contributed by atoms with Gasteiger partial charge >= 0.3 is 0 Å². The Labute approximate surface area is 96.8 Å². The third-order valence-electron chi connectivity index (χ3n) is 2.29. The van der Waals surface area contributed by atoms with Gasteiger partial charge in [0.05, 0.1) is 12.3 Å². The van der Waals surface area contributed by atoms with Crippen molar-refractivity contribution in [1.82, 2.24) is 14.9 Å². The molecule has 1 rings (SSSR count). The Balaban J connectivity index is 2.57. The van der Waals surface area contributed by atoms with Crippen LogP contribution >= 0.6 is 0 Å². The maximum absolute atomic E-state index is 11.5.